The molecule has 4 aromatic carbocycles. The van der Waals surface area contributed by atoms with Crippen molar-refractivity contribution in [2.45, 2.75) is 13.8 Å². The first-order chi connectivity index (χ1) is 18.2. The highest BCUT2D eigenvalue weighted by Crippen LogP contribution is 2.39. The topological polar surface area (TPSA) is 111 Å². The number of carbonyl (C=O) groups excluding carboxylic acids is 1. The fraction of sp³-hybridized carbons (Fsp3) is 0.0690. The highest BCUT2D eigenvalue weighted by molar-refractivity contribution is 6.56. The van der Waals surface area contributed by atoms with Gasteiger partial charge in [-0.05, 0) is 79.1 Å². The lowest BCUT2D eigenvalue weighted by atomic mass is 10.0. The molecule has 0 aliphatic carbocycles. The van der Waals surface area contributed by atoms with Crippen LogP contribution in [-0.4, -0.2) is 28.0 Å². The molecule has 5 rings (SSSR count). The molecule has 1 aliphatic heterocycles. The summed E-state index contributed by atoms with van der Waals surface area (Å²) in [5, 5.41) is 24.7. The van der Waals surface area contributed by atoms with Crippen molar-refractivity contribution in [3.63, 3.8) is 0 Å². The first-order valence-corrected chi connectivity index (χ1v) is 12.0. The van der Waals surface area contributed by atoms with Crippen LogP contribution in [0.3, 0.4) is 0 Å². The Morgan fingerprint density at radius 3 is 2.50 bits per heavy atom. The molecule has 8 nitrogen and oxygen atoms in total. The van der Waals surface area contributed by atoms with Crippen LogP contribution >= 0.6 is 11.6 Å². The van der Waals surface area contributed by atoms with E-state index in [4.69, 9.17) is 21.4 Å². The Morgan fingerprint density at radius 1 is 0.947 bits per heavy atom. The molecule has 0 saturated heterocycles. The number of para-hydroxylation sites is 1. The average molecular weight is 528 g/mol. The zero-order valence-electron chi connectivity index (χ0n) is 20.4. The molecule has 4 aromatic rings. The van der Waals surface area contributed by atoms with E-state index in [-0.39, 0.29) is 28.8 Å². The van der Waals surface area contributed by atoms with Gasteiger partial charge in [-0.15, -0.1) is 0 Å². The van der Waals surface area contributed by atoms with E-state index >= 15 is 0 Å². The summed E-state index contributed by atoms with van der Waals surface area (Å²) < 4.78 is 4.72. The second kappa shape index (κ2) is 9.91. The first-order valence-electron chi connectivity index (χ1n) is 11.6. The Labute approximate surface area is 223 Å². The van der Waals surface area contributed by atoms with Crippen LogP contribution < -0.4 is 15.1 Å². The van der Waals surface area contributed by atoms with E-state index in [0.29, 0.717) is 33.1 Å². The van der Waals surface area contributed by atoms with Crippen molar-refractivity contribution in [3.8, 4) is 22.6 Å². The highest BCUT2D eigenvalue weighted by atomic mass is 35.5. The van der Waals surface area contributed by atoms with Crippen LogP contribution in [0.5, 0.6) is 11.5 Å². The van der Waals surface area contributed by atoms with Gasteiger partial charge in [0.1, 0.15) is 11.5 Å². The molecule has 0 radical (unpaired) electrons. The number of halogens is 1. The van der Waals surface area contributed by atoms with E-state index in [0.717, 1.165) is 11.1 Å². The summed E-state index contributed by atoms with van der Waals surface area (Å²) in [6, 6.07) is 22.2. The van der Waals surface area contributed by atoms with Gasteiger partial charge in [0, 0.05) is 21.8 Å². The number of phenolic OH excluding ortho intramolecular Hbond substituents is 1. The normalized spacial score (nSPS) is 13.5. The Kier molecular flexibility index (Phi) is 6.48. The lowest BCUT2D eigenvalue weighted by molar-refractivity contribution is -0.111. The van der Waals surface area contributed by atoms with Crippen molar-refractivity contribution in [2.75, 3.05) is 10.3 Å². The smallest absolute Gasteiger partial charge is 0.505 e. The molecule has 0 atom stereocenters. The Bertz CT molecular complexity index is 1630. The maximum atomic E-state index is 13.6. The molecule has 0 bridgehead atoms. The number of nitrogens with one attached hydrogen (secondary N) is 1. The van der Waals surface area contributed by atoms with E-state index in [1.54, 1.807) is 53.4 Å². The Morgan fingerprint density at radius 2 is 1.74 bits per heavy atom. The van der Waals surface area contributed by atoms with Gasteiger partial charge in [-0.1, -0.05) is 41.9 Å². The molecule has 1 aliphatic rings. The van der Waals surface area contributed by atoms with Gasteiger partial charge in [0.15, 0.2) is 5.71 Å². The number of rotatable bonds is 5. The predicted molar refractivity (Wildman–Crippen MR) is 147 cm³/mol. The van der Waals surface area contributed by atoms with E-state index < -0.39 is 6.16 Å². The van der Waals surface area contributed by atoms with Crippen molar-refractivity contribution in [2.24, 2.45) is 5.10 Å². The maximum Gasteiger partial charge on any atom is 0.511 e. The van der Waals surface area contributed by atoms with E-state index in [1.165, 1.54) is 12.1 Å². The number of aryl methyl sites for hydroxylation is 2. The number of carbonyl (C=O) groups is 2. The summed E-state index contributed by atoms with van der Waals surface area (Å²) in [7, 11) is 0. The van der Waals surface area contributed by atoms with Crippen molar-refractivity contribution < 1.29 is 24.5 Å². The second-order valence-corrected chi connectivity index (χ2v) is 9.18. The largest absolute Gasteiger partial charge is 0.511 e. The Hall–Kier alpha value is -4.82. The molecule has 3 N–H and O–H groups in total. The highest BCUT2D eigenvalue weighted by Gasteiger charge is 2.35. The fourth-order valence-electron chi connectivity index (χ4n) is 4.26. The molecule has 1 amide bonds. The quantitative estimate of drug-likeness (QED) is 0.113. The minimum absolute atomic E-state index is 0.117. The lowest BCUT2D eigenvalue weighted by Crippen LogP contribution is -2.26. The van der Waals surface area contributed by atoms with Gasteiger partial charge >= 0.3 is 6.16 Å². The van der Waals surface area contributed by atoms with E-state index in [2.05, 4.69) is 10.5 Å². The number of aromatic hydroxyl groups is 1. The molecule has 9 heteroatoms. The average Bonchev–Trinajstić information content (AvgIpc) is 3.15. The molecular formula is C29H22ClN3O5. The summed E-state index contributed by atoms with van der Waals surface area (Å²) in [4.78, 5) is 26.0. The van der Waals surface area contributed by atoms with Gasteiger partial charge in [-0.25, -0.2) is 4.79 Å². The van der Waals surface area contributed by atoms with Gasteiger partial charge in [-0.2, -0.15) is 5.10 Å². The van der Waals surface area contributed by atoms with Crippen molar-refractivity contribution >= 4 is 46.4 Å². The van der Waals surface area contributed by atoms with Crippen LogP contribution in [0.1, 0.15) is 16.7 Å². The molecule has 0 unspecified atom stereocenters. The number of carboxylic acid groups (broad SMARTS) is 1. The molecule has 0 spiro atoms. The SMILES string of the molecule is Cc1ccc(N2C(=O)C(=NNc3cccc(-c4cccc(OC(=O)O)c4)c3O)c3ccc(Cl)cc32)cc1C. The van der Waals surface area contributed by atoms with Gasteiger partial charge < -0.3 is 14.9 Å². The molecule has 190 valence electrons. The van der Waals surface area contributed by atoms with Crippen LogP contribution in [0.15, 0.2) is 84.0 Å². The van der Waals surface area contributed by atoms with Crippen LogP contribution in [0.25, 0.3) is 11.1 Å². The summed E-state index contributed by atoms with van der Waals surface area (Å²) in [6.07, 6.45) is -1.43. The number of fused-ring (bicyclic) bond motifs is 1. The Balaban J connectivity index is 1.50. The first kappa shape index (κ1) is 24.9. The van der Waals surface area contributed by atoms with Gasteiger partial charge in [0.25, 0.3) is 5.91 Å². The molecule has 0 saturated carbocycles. The van der Waals surface area contributed by atoms with E-state index in [9.17, 15) is 14.7 Å². The van der Waals surface area contributed by atoms with Crippen LogP contribution in [0.2, 0.25) is 5.02 Å². The number of benzene rings is 4. The fourth-order valence-corrected chi connectivity index (χ4v) is 4.43. The third-order valence-electron chi connectivity index (χ3n) is 6.28. The molecular weight excluding hydrogens is 506 g/mol. The third-order valence-corrected chi connectivity index (χ3v) is 6.52. The molecule has 0 aromatic heterocycles. The monoisotopic (exact) mass is 527 g/mol. The third kappa shape index (κ3) is 4.65. The zero-order chi connectivity index (χ0) is 27.0. The number of nitrogens with zero attached hydrogens (tertiary/aromatic N) is 2. The summed E-state index contributed by atoms with van der Waals surface area (Å²) in [6.45, 7) is 3.98. The molecule has 0 fully saturated rings. The molecule has 1 heterocycles. The minimum Gasteiger partial charge on any atom is -0.505 e. The van der Waals surface area contributed by atoms with Crippen LogP contribution in [0.4, 0.5) is 21.9 Å². The summed E-state index contributed by atoms with van der Waals surface area (Å²) in [5.74, 6) is -0.351. The minimum atomic E-state index is -1.43. The number of phenols is 1. The van der Waals surface area contributed by atoms with Crippen LogP contribution in [0, 0.1) is 13.8 Å². The summed E-state index contributed by atoms with van der Waals surface area (Å²) in [5.41, 5.74) is 8.26. The standard InChI is InChI=1S/C29H22ClN3O5/c1-16-9-11-20(13-17(16)2)33-25-15-19(30)10-12-23(25)26(28(33)35)32-31-24-8-4-7-22(27(24)34)18-5-3-6-21(14-18)38-29(36)37/h3-15,31,34H,1-2H3,(H,36,37). The number of hydrazone groups is 1. The number of ether oxygens (including phenoxy) is 1. The number of hydrogen-bond acceptors (Lipinski definition) is 6. The van der Waals surface area contributed by atoms with Gasteiger partial charge in [-0.3, -0.25) is 15.1 Å². The summed E-state index contributed by atoms with van der Waals surface area (Å²) >= 11 is 6.27. The van der Waals surface area contributed by atoms with Gasteiger partial charge in [0.05, 0.1) is 11.4 Å². The molecule has 38 heavy (non-hydrogen) atoms. The number of hydrogen-bond donors (Lipinski definition) is 3. The van der Waals surface area contributed by atoms with E-state index in [1.807, 2.05) is 32.0 Å². The number of anilines is 3. The van der Waals surface area contributed by atoms with Crippen molar-refractivity contribution in [1.82, 2.24) is 0 Å². The maximum absolute atomic E-state index is 13.6. The lowest BCUT2D eigenvalue weighted by Gasteiger charge is -2.18. The zero-order valence-corrected chi connectivity index (χ0v) is 21.2. The predicted octanol–water partition coefficient (Wildman–Crippen LogP) is 6.88. The van der Waals surface area contributed by atoms with Gasteiger partial charge in [0.2, 0.25) is 0 Å². The van der Waals surface area contributed by atoms with Crippen molar-refractivity contribution in [1.29, 1.82) is 0 Å². The van der Waals surface area contributed by atoms with Crippen molar-refractivity contribution in [3.05, 3.63) is 101 Å². The number of amides is 1. The van der Waals surface area contributed by atoms with Crippen LogP contribution in [-0.2, 0) is 4.79 Å². The second-order valence-electron chi connectivity index (χ2n) is 8.74.